The lowest BCUT2D eigenvalue weighted by Gasteiger charge is -2.32. The second-order valence-electron chi connectivity index (χ2n) is 21.0. The fraction of sp³-hybridized carbons (Fsp3) is 0.0400. The van der Waals surface area contributed by atoms with E-state index in [4.69, 9.17) is 0 Å². The molecule has 2 nitrogen and oxygen atoms in total. The Labute approximate surface area is 449 Å². The van der Waals surface area contributed by atoms with Crippen molar-refractivity contribution in [1.29, 1.82) is 0 Å². The van der Waals surface area contributed by atoms with E-state index in [-0.39, 0.29) is 6.04 Å². The van der Waals surface area contributed by atoms with Crippen molar-refractivity contribution in [2.45, 2.75) is 17.4 Å². The van der Waals surface area contributed by atoms with Gasteiger partial charge in [-0.15, -0.1) is 0 Å². The van der Waals surface area contributed by atoms with Gasteiger partial charge in [0.05, 0.1) is 11.5 Å². The molecule has 4 aliphatic rings. The number of benzene rings is 12. The molecule has 16 rings (SSSR count). The van der Waals surface area contributed by atoms with Crippen molar-refractivity contribution < 1.29 is 0 Å². The smallest absolute Gasteiger partial charge is 0.0726 e. The first-order valence-electron chi connectivity index (χ1n) is 27.0. The van der Waals surface area contributed by atoms with Crippen LogP contribution in [0.2, 0.25) is 0 Å². The lowest BCUT2D eigenvalue weighted by molar-refractivity contribution is 0.745. The van der Waals surface area contributed by atoms with Gasteiger partial charge in [0.25, 0.3) is 0 Å². The molecule has 3 aliphatic carbocycles. The SMILES string of the molecule is C1=CC2c3ccccc3N(c3ccc(N(c4ccc(-c5ccc6c(-c7ccccc7)c7ccccc7c(-c7ccccc7)c6c5)cc4)c4ccc5c(c4)C4(c6ccccc6-c6ccccc64)c4ccccc4-5)cc3)C2C=C1. The molecule has 0 saturated heterocycles. The maximum absolute atomic E-state index is 2.52. The Hall–Kier alpha value is -9.76. The van der Waals surface area contributed by atoms with Crippen LogP contribution in [0.4, 0.5) is 28.4 Å². The molecule has 0 N–H and O–H groups in total. The fourth-order valence-corrected chi connectivity index (χ4v) is 14.0. The van der Waals surface area contributed by atoms with Gasteiger partial charge in [-0.25, -0.2) is 0 Å². The molecule has 0 radical (unpaired) electrons. The number of rotatable bonds is 7. The van der Waals surface area contributed by atoms with Gasteiger partial charge in [-0.3, -0.25) is 0 Å². The van der Waals surface area contributed by atoms with Crippen molar-refractivity contribution in [1.82, 2.24) is 0 Å². The van der Waals surface area contributed by atoms with Gasteiger partial charge in [0, 0.05) is 34.4 Å². The van der Waals surface area contributed by atoms with Crippen molar-refractivity contribution >= 4 is 50.0 Å². The average molecular weight is 979 g/mol. The van der Waals surface area contributed by atoms with Crippen LogP contribution in [0.5, 0.6) is 0 Å². The molecule has 12 aromatic rings. The highest BCUT2D eigenvalue weighted by atomic mass is 15.2. The van der Waals surface area contributed by atoms with E-state index >= 15 is 0 Å². The first-order valence-corrected chi connectivity index (χ1v) is 27.0. The molecule has 77 heavy (non-hydrogen) atoms. The monoisotopic (exact) mass is 978 g/mol. The molecule has 360 valence electrons. The lowest BCUT2D eigenvalue weighted by Crippen LogP contribution is -2.28. The van der Waals surface area contributed by atoms with Gasteiger partial charge in [0.1, 0.15) is 0 Å². The summed E-state index contributed by atoms with van der Waals surface area (Å²) in [6.07, 6.45) is 9.10. The van der Waals surface area contributed by atoms with Crippen LogP contribution in [0.25, 0.3) is 77.2 Å². The van der Waals surface area contributed by atoms with Crippen LogP contribution in [-0.4, -0.2) is 6.04 Å². The van der Waals surface area contributed by atoms with Gasteiger partial charge in [-0.1, -0.05) is 231 Å². The van der Waals surface area contributed by atoms with E-state index in [2.05, 4.69) is 301 Å². The van der Waals surface area contributed by atoms with E-state index in [0.29, 0.717) is 5.92 Å². The normalized spacial score (nSPS) is 15.8. The molecular formula is C75H50N2. The summed E-state index contributed by atoms with van der Waals surface area (Å²) in [7, 11) is 0. The molecule has 2 unspecified atom stereocenters. The Bertz CT molecular complexity index is 4330. The van der Waals surface area contributed by atoms with Crippen LogP contribution in [0, 0.1) is 0 Å². The largest absolute Gasteiger partial charge is 0.333 e. The summed E-state index contributed by atoms with van der Waals surface area (Å²) in [5.41, 5.74) is 24.5. The van der Waals surface area contributed by atoms with Crippen molar-refractivity contribution in [3.8, 4) is 55.6 Å². The Morgan fingerprint density at radius 3 is 1.44 bits per heavy atom. The Kier molecular flexibility index (Phi) is 9.71. The summed E-state index contributed by atoms with van der Waals surface area (Å²) >= 11 is 0. The highest BCUT2D eigenvalue weighted by Crippen LogP contribution is 2.63. The molecule has 0 saturated carbocycles. The van der Waals surface area contributed by atoms with Crippen LogP contribution in [0.1, 0.15) is 33.7 Å². The Morgan fingerprint density at radius 2 is 0.805 bits per heavy atom. The quantitative estimate of drug-likeness (QED) is 0.147. The highest BCUT2D eigenvalue weighted by Gasteiger charge is 2.51. The topological polar surface area (TPSA) is 6.48 Å². The zero-order valence-electron chi connectivity index (χ0n) is 42.3. The van der Waals surface area contributed by atoms with Crippen LogP contribution < -0.4 is 9.80 Å². The number of para-hydroxylation sites is 1. The zero-order valence-corrected chi connectivity index (χ0v) is 42.3. The van der Waals surface area contributed by atoms with Crippen molar-refractivity contribution in [3.05, 3.63) is 319 Å². The van der Waals surface area contributed by atoms with E-state index in [1.165, 1.54) is 116 Å². The van der Waals surface area contributed by atoms with Crippen LogP contribution in [-0.2, 0) is 5.41 Å². The highest BCUT2D eigenvalue weighted by molar-refractivity contribution is 6.22. The standard InChI is InChI=1S/C75H50N2/c1-3-19-50(20-4-1)73-63-28-7-8-29-64(63)74(51-21-5-2-6-22-51)66-47-52(37-45-65(66)73)49-35-38-53(39-36-49)76(54-40-42-55(43-41-54)77-71-33-17-12-26-61(71)62-27-13-18-34-72(62)77)56-44-46-60-59-25-11-16-32-69(59)75(70(60)48-56)67-30-14-9-23-57(67)58-24-10-15-31-68(58)75/h1-48,61,71H. The number of hydrogen-bond acceptors (Lipinski definition) is 2. The number of nitrogens with zero attached hydrogens (tertiary/aromatic N) is 2. The lowest BCUT2D eigenvalue weighted by atomic mass is 9.70. The van der Waals surface area contributed by atoms with Crippen LogP contribution in [0.3, 0.4) is 0 Å². The minimum Gasteiger partial charge on any atom is -0.333 e. The third-order valence-electron chi connectivity index (χ3n) is 17.2. The minimum atomic E-state index is -0.462. The summed E-state index contributed by atoms with van der Waals surface area (Å²) in [5, 5.41) is 5.00. The van der Waals surface area contributed by atoms with Crippen LogP contribution in [0.15, 0.2) is 291 Å². The average Bonchev–Trinajstić information content (AvgIpc) is 4.29. The molecule has 0 aromatic heterocycles. The van der Waals surface area contributed by atoms with Crippen molar-refractivity contribution in [2.24, 2.45) is 0 Å². The minimum absolute atomic E-state index is 0.223. The Balaban J connectivity index is 0.867. The predicted molar refractivity (Wildman–Crippen MR) is 322 cm³/mol. The van der Waals surface area contributed by atoms with Gasteiger partial charge in [-0.2, -0.15) is 0 Å². The van der Waals surface area contributed by atoms with E-state index in [1.807, 2.05) is 0 Å². The van der Waals surface area contributed by atoms with Crippen molar-refractivity contribution in [3.63, 3.8) is 0 Å². The van der Waals surface area contributed by atoms with E-state index in [1.54, 1.807) is 0 Å². The zero-order chi connectivity index (χ0) is 50.6. The molecule has 0 bridgehead atoms. The molecular weight excluding hydrogens is 929 g/mol. The van der Waals surface area contributed by atoms with E-state index in [9.17, 15) is 0 Å². The number of anilines is 5. The van der Waals surface area contributed by atoms with Gasteiger partial charge in [0.15, 0.2) is 0 Å². The number of hydrogen-bond donors (Lipinski definition) is 0. The summed E-state index contributed by atoms with van der Waals surface area (Å²) in [4.78, 5) is 4.99. The van der Waals surface area contributed by atoms with Crippen LogP contribution >= 0.6 is 0 Å². The van der Waals surface area contributed by atoms with Crippen molar-refractivity contribution in [2.75, 3.05) is 9.80 Å². The summed E-state index contributed by atoms with van der Waals surface area (Å²) < 4.78 is 0. The molecule has 0 fully saturated rings. The molecule has 2 atom stereocenters. The number of allylic oxidation sites excluding steroid dienone is 2. The van der Waals surface area contributed by atoms with E-state index < -0.39 is 5.41 Å². The third kappa shape index (κ3) is 6.43. The third-order valence-corrected chi connectivity index (χ3v) is 17.2. The molecule has 1 spiro atoms. The maximum atomic E-state index is 2.52. The Morgan fingerprint density at radius 1 is 0.325 bits per heavy atom. The van der Waals surface area contributed by atoms with Gasteiger partial charge in [0.2, 0.25) is 0 Å². The fourth-order valence-electron chi connectivity index (χ4n) is 14.0. The second kappa shape index (κ2) is 17.1. The first-order chi connectivity index (χ1) is 38.2. The summed E-state index contributed by atoms with van der Waals surface area (Å²) in [6.45, 7) is 0. The van der Waals surface area contributed by atoms with Gasteiger partial charge >= 0.3 is 0 Å². The molecule has 0 amide bonds. The molecule has 1 aliphatic heterocycles. The summed E-state index contributed by atoms with van der Waals surface area (Å²) in [6, 6.07) is 100.0. The predicted octanol–water partition coefficient (Wildman–Crippen LogP) is 19.5. The molecule has 1 heterocycles. The number of fused-ring (bicyclic) bond motifs is 15. The summed E-state index contributed by atoms with van der Waals surface area (Å²) in [5.74, 6) is 0.317. The molecule has 2 heteroatoms. The molecule has 12 aromatic carbocycles. The maximum Gasteiger partial charge on any atom is 0.0726 e. The van der Waals surface area contributed by atoms with Gasteiger partial charge < -0.3 is 9.80 Å². The van der Waals surface area contributed by atoms with E-state index in [0.717, 1.165) is 17.1 Å². The second-order valence-corrected chi connectivity index (χ2v) is 21.0. The van der Waals surface area contributed by atoms with Gasteiger partial charge in [-0.05, 0) is 166 Å². The first kappa shape index (κ1) is 43.6.